The zero-order valence-electron chi connectivity index (χ0n) is 13.1. The number of aliphatic imine (C=N–C) groups is 1. The summed E-state index contributed by atoms with van der Waals surface area (Å²) in [6, 6.07) is 5.46. The first-order valence-corrected chi connectivity index (χ1v) is 7.57. The van der Waals surface area contributed by atoms with Gasteiger partial charge in [0.2, 0.25) is 0 Å². The van der Waals surface area contributed by atoms with E-state index in [1.807, 2.05) is 26.0 Å². The topological polar surface area (TPSA) is 81.8 Å². The van der Waals surface area contributed by atoms with E-state index in [0.29, 0.717) is 24.0 Å². The van der Waals surface area contributed by atoms with E-state index >= 15 is 0 Å². The van der Waals surface area contributed by atoms with Gasteiger partial charge in [-0.2, -0.15) is 0 Å². The molecule has 0 fully saturated rings. The zero-order chi connectivity index (χ0) is 16.1. The number of thiazole rings is 1. The lowest BCUT2D eigenvalue weighted by Crippen LogP contribution is -2.22. The molecule has 2 aromatic rings. The van der Waals surface area contributed by atoms with Gasteiger partial charge in [-0.1, -0.05) is 0 Å². The summed E-state index contributed by atoms with van der Waals surface area (Å²) < 4.78 is 10.4. The number of hydrogen-bond donors (Lipinski definition) is 2. The molecule has 22 heavy (non-hydrogen) atoms. The summed E-state index contributed by atoms with van der Waals surface area (Å²) in [6.45, 7) is 4.48. The van der Waals surface area contributed by atoms with Gasteiger partial charge in [0.15, 0.2) is 17.5 Å². The third-order valence-corrected chi connectivity index (χ3v) is 3.98. The van der Waals surface area contributed by atoms with Crippen LogP contribution in [0.1, 0.15) is 15.6 Å². The molecule has 1 heterocycles. The standard InChI is InChI=1S/C15H20N4O2S/c1-9-12(18-10(2)22-9)8-17-15(16)19-11-5-6-13(20-3)14(7-11)21-4/h5-7H,8H2,1-4H3,(H3,16,17,19). The molecule has 0 unspecified atom stereocenters. The molecule has 0 spiro atoms. The van der Waals surface area contributed by atoms with Gasteiger partial charge < -0.3 is 20.5 Å². The van der Waals surface area contributed by atoms with E-state index in [0.717, 1.165) is 16.4 Å². The van der Waals surface area contributed by atoms with E-state index in [-0.39, 0.29) is 0 Å². The largest absolute Gasteiger partial charge is 0.493 e. The molecule has 6 nitrogen and oxygen atoms in total. The van der Waals surface area contributed by atoms with Crippen molar-refractivity contribution in [3.05, 3.63) is 33.8 Å². The van der Waals surface area contributed by atoms with Gasteiger partial charge in [-0.05, 0) is 26.0 Å². The normalized spacial score (nSPS) is 11.4. The lowest BCUT2D eigenvalue weighted by atomic mass is 10.3. The summed E-state index contributed by atoms with van der Waals surface area (Å²) >= 11 is 1.66. The van der Waals surface area contributed by atoms with Crippen LogP contribution in [0, 0.1) is 13.8 Å². The Morgan fingerprint density at radius 2 is 2.00 bits per heavy atom. The summed E-state index contributed by atoms with van der Waals surface area (Å²) in [4.78, 5) is 9.92. The maximum absolute atomic E-state index is 5.91. The molecule has 7 heteroatoms. The minimum Gasteiger partial charge on any atom is -0.493 e. The van der Waals surface area contributed by atoms with Gasteiger partial charge in [0.05, 0.1) is 31.5 Å². The second kappa shape index (κ2) is 7.13. The van der Waals surface area contributed by atoms with Crippen LogP contribution < -0.4 is 20.5 Å². The van der Waals surface area contributed by atoms with Gasteiger partial charge in [0.25, 0.3) is 0 Å². The number of ether oxygens (including phenoxy) is 2. The van der Waals surface area contributed by atoms with Gasteiger partial charge in [-0.3, -0.25) is 0 Å². The SMILES string of the molecule is COc1ccc(NC(N)=NCc2nc(C)sc2C)cc1OC. The highest BCUT2D eigenvalue weighted by molar-refractivity contribution is 7.11. The van der Waals surface area contributed by atoms with Gasteiger partial charge in [-0.15, -0.1) is 11.3 Å². The Morgan fingerprint density at radius 3 is 2.59 bits per heavy atom. The van der Waals surface area contributed by atoms with E-state index in [1.165, 1.54) is 4.88 Å². The van der Waals surface area contributed by atoms with Gasteiger partial charge >= 0.3 is 0 Å². The van der Waals surface area contributed by atoms with E-state index in [1.54, 1.807) is 31.6 Å². The number of nitrogens with two attached hydrogens (primary N) is 1. The van der Waals surface area contributed by atoms with Crippen LogP contribution in [0.15, 0.2) is 23.2 Å². The fraction of sp³-hybridized carbons (Fsp3) is 0.333. The molecule has 2 rings (SSSR count). The number of hydrogen-bond acceptors (Lipinski definition) is 5. The summed E-state index contributed by atoms with van der Waals surface area (Å²) in [5.41, 5.74) is 7.66. The van der Waals surface area contributed by atoms with Crippen LogP contribution >= 0.6 is 11.3 Å². The second-order valence-corrected chi connectivity index (χ2v) is 6.04. The Balaban J connectivity index is 2.06. The number of rotatable bonds is 5. The molecule has 0 atom stereocenters. The molecule has 0 bridgehead atoms. The number of benzene rings is 1. The van der Waals surface area contributed by atoms with Gasteiger partial charge in [0.1, 0.15) is 0 Å². The lowest BCUT2D eigenvalue weighted by molar-refractivity contribution is 0.355. The van der Waals surface area contributed by atoms with Crippen LogP contribution in [0.25, 0.3) is 0 Å². The Labute approximate surface area is 134 Å². The quantitative estimate of drug-likeness (QED) is 0.654. The molecule has 0 amide bonds. The van der Waals surface area contributed by atoms with Crippen LogP contribution in [0.2, 0.25) is 0 Å². The van der Waals surface area contributed by atoms with Crippen molar-refractivity contribution < 1.29 is 9.47 Å². The third kappa shape index (κ3) is 3.88. The average molecular weight is 320 g/mol. The van der Waals surface area contributed by atoms with E-state index in [9.17, 15) is 0 Å². The van der Waals surface area contributed by atoms with Crippen molar-refractivity contribution in [3.63, 3.8) is 0 Å². The van der Waals surface area contributed by atoms with E-state index in [4.69, 9.17) is 15.2 Å². The fourth-order valence-electron chi connectivity index (χ4n) is 1.98. The predicted octanol–water partition coefficient (Wildman–Crippen LogP) is 2.70. The monoisotopic (exact) mass is 320 g/mol. The highest BCUT2D eigenvalue weighted by Gasteiger charge is 2.06. The Morgan fingerprint density at radius 1 is 1.27 bits per heavy atom. The zero-order valence-corrected chi connectivity index (χ0v) is 14.0. The number of nitrogens with one attached hydrogen (secondary N) is 1. The number of nitrogens with zero attached hydrogens (tertiary/aromatic N) is 2. The van der Waals surface area contributed by atoms with E-state index in [2.05, 4.69) is 15.3 Å². The Hall–Kier alpha value is -2.28. The highest BCUT2D eigenvalue weighted by atomic mass is 32.1. The summed E-state index contributed by atoms with van der Waals surface area (Å²) in [5.74, 6) is 1.63. The number of anilines is 1. The molecule has 118 valence electrons. The van der Waals surface area contributed by atoms with E-state index < -0.39 is 0 Å². The predicted molar refractivity (Wildman–Crippen MR) is 90.1 cm³/mol. The Bertz CT molecular complexity index is 682. The van der Waals surface area contributed by atoms with Crippen molar-refractivity contribution >= 4 is 23.0 Å². The molecule has 3 N–H and O–H groups in total. The van der Waals surface area contributed by atoms with Crippen LogP contribution in [-0.2, 0) is 6.54 Å². The first-order valence-electron chi connectivity index (χ1n) is 6.75. The molecule has 1 aromatic heterocycles. The smallest absolute Gasteiger partial charge is 0.193 e. The van der Waals surface area contributed by atoms with Crippen molar-refractivity contribution in [2.45, 2.75) is 20.4 Å². The Kier molecular flexibility index (Phi) is 5.21. The minimum atomic E-state index is 0.331. The molecule has 0 aliphatic rings. The molecular formula is C15H20N4O2S. The maximum atomic E-state index is 5.91. The first-order chi connectivity index (χ1) is 10.5. The molecular weight excluding hydrogens is 300 g/mol. The van der Waals surface area contributed by atoms with Crippen LogP contribution in [-0.4, -0.2) is 25.2 Å². The number of aromatic nitrogens is 1. The summed E-state index contributed by atoms with van der Waals surface area (Å²) in [5, 5.41) is 4.07. The van der Waals surface area contributed by atoms with Crippen molar-refractivity contribution in [3.8, 4) is 11.5 Å². The van der Waals surface area contributed by atoms with Crippen LogP contribution in [0.5, 0.6) is 11.5 Å². The first kappa shape index (κ1) is 16.1. The van der Waals surface area contributed by atoms with Crippen molar-refractivity contribution in [2.75, 3.05) is 19.5 Å². The van der Waals surface area contributed by atoms with Crippen LogP contribution in [0.3, 0.4) is 0 Å². The molecule has 0 aliphatic carbocycles. The molecule has 1 aromatic carbocycles. The van der Waals surface area contributed by atoms with Crippen LogP contribution in [0.4, 0.5) is 5.69 Å². The maximum Gasteiger partial charge on any atom is 0.193 e. The van der Waals surface area contributed by atoms with Gasteiger partial charge in [-0.25, -0.2) is 9.98 Å². The summed E-state index contributed by atoms with van der Waals surface area (Å²) in [7, 11) is 3.19. The summed E-state index contributed by atoms with van der Waals surface area (Å²) in [6.07, 6.45) is 0. The second-order valence-electron chi connectivity index (χ2n) is 4.63. The molecule has 0 saturated carbocycles. The van der Waals surface area contributed by atoms with Crippen molar-refractivity contribution in [1.82, 2.24) is 4.98 Å². The van der Waals surface area contributed by atoms with Crippen molar-refractivity contribution in [1.29, 1.82) is 0 Å². The fourth-order valence-corrected chi connectivity index (χ4v) is 2.81. The number of guanidine groups is 1. The van der Waals surface area contributed by atoms with Crippen molar-refractivity contribution in [2.24, 2.45) is 10.7 Å². The average Bonchev–Trinajstić information content (AvgIpc) is 2.82. The third-order valence-electron chi connectivity index (χ3n) is 3.05. The number of aryl methyl sites for hydroxylation is 2. The molecule has 0 aliphatic heterocycles. The highest BCUT2D eigenvalue weighted by Crippen LogP contribution is 2.29. The molecule has 0 radical (unpaired) electrons. The molecule has 0 saturated heterocycles. The minimum absolute atomic E-state index is 0.331. The lowest BCUT2D eigenvalue weighted by Gasteiger charge is -2.10. The van der Waals surface area contributed by atoms with Gasteiger partial charge in [0, 0.05) is 16.6 Å². The number of methoxy groups -OCH3 is 2.